The highest BCUT2D eigenvalue weighted by atomic mass is 16.7. The fourth-order valence-corrected chi connectivity index (χ4v) is 9.95. The molecule has 3 fully saturated rings. The van der Waals surface area contributed by atoms with Gasteiger partial charge in [-0.25, -0.2) is 0 Å². The summed E-state index contributed by atoms with van der Waals surface area (Å²) >= 11 is 0. The number of unbranched alkanes of at least 4 members (excludes halogenated alkanes) is 1. The lowest BCUT2D eigenvalue weighted by Crippen LogP contribution is -2.66. The number of carbonyl (C=O) groups is 5. The highest BCUT2D eigenvalue weighted by Gasteiger charge is 2.54. The summed E-state index contributed by atoms with van der Waals surface area (Å²) in [5.41, 5.74) is -0.0667. The zero-order valence-electron chi connectivity index (χ0n) is 42.8. The number of esters is 4. The van der Waals surface area contributed by atoms with E-state index in [4.69, 9.17) is 42.6 Å². The average molecular weight is 979 g/mol. The minimum Gasteiger partial charge on any atom is -0.463 e. The highest BCUT2D eigenvalue weighted by molar-refractivity contribution is 5.73. The van der Waals surface area contributed by atoms with Crippen LogP contribution < -0.4 is 0 Å². The third-order valence-electron chi connectivity index (χ3n) is 13.6. The number of aryl methyl sites for hydroxylation is 1. The highest BCUT2D eigenvalue weighted by Crippen LogP contribution is 2.39. The second kappa shape index (κ2) is 27.9. The van der Waals surface area contributed by atoms with E-state index in [2.05, 4.69) is 17.0 Å². The Balaban J connectivity index is 1.66. The fraction of sp³-hybridized carbons (Fsp3) is 0.784. The molecule has 0 unspecified atom stereocenters. The van der Waals surface area contributed by atoms with Gasteiger partial charge in [-0.2, -0.15) is 0 Å². The second-order valence-electron chi connectivity index (χ2n) is 19.6. The van der Waals surface area contributed by atoms with Crippen LogP contribution in [0.15, 0.2) is 30.3 Å². The Morgan fingerprint density at radius 3 is 2.23 bits per heavy atom. The summed E-state index contributed by atoms with van der Waals surface area (Å²) in [6.45, 7) is 15.0. The fourth-order valence-electron chi connectivity index (χ4n) is 9.95. The molecule has 16 atom stereocenters. The summed E-state index contributed by atoms with van der Waals surface area (Å²) in [7, 11) is 4.90. The summed E-state index contributed by atoms with van der Waals surface area (Å²) in [5, 5.41) is 24.2. The van der Waals surface area contributed by atoms with Gasteiger partial charge in [-0.1, -0.05) is 51.1 Å². The van der Waals surface area contributed by atoms with Gasteiger partial charge in [0.25, 0.3) is 0 Å². The molecule has 18 nitrogen and oxygen atoms in total. The SMILES string of the molecule is CCC(=O)O[C@@H]1CC(=O)O[C@H](C)CCN(CCCCc2ccccc2)C[C@H](O)[C@H](C)C[C@H](CC=O)[C@H](O[C@@H]2O[C@H](C)[C@@H](O[C@H]3C[C@@](C)(OC(C)=O)[C@@H](OC(=O)CC)[C@H](C)O3)[C@H](N(C)C)[C@H]2O)[C@H]1OC. The molecular formula is C51H82N2O16. The van der Waals surface area contributed by atoms with Crippen LogP contribution in [-0.4, -0.2) is 176 Å². The van der Waals surface area contributed by atoms with Crippen molar-refractivity contribution in [2.45, 2.75) is 205 Å². The lowest BCUT2D eigenvalue weighted by molar-refractivity contribution is -0.344. The monoisotopic (exact) mass is 979 g/mol. The number of β-amino-alcohol motifs (C(OH)–C–C–N with tert-alkyl or cyclic N) is 1. The van der Waals surface area contributed by atoms with Gasteiger partial charge >= 0.3 is 23.9 Å². The molecule has 2 N–H and O–H groups in total. The summed E-state index contributed by atoms with van der Waals surface area (Å²) in [4.78, 5) is 68.2. The number of aldehydes is 1. The van der Waals surface area contributed by atoms with Gasteiger partial charge in [0.2, 0.25) is 0 Å². The van der Waals surface area contributed by atoms with Gasteiger partial charge in [0.15, 0.2) is 24.3 Å². The molecule has 0 aromatic heterocycles. The van der Waals surface area contributed by atoms with Crippen LogP contribution >= 0.6 is 0 Å². The van der Waals surface area contributed by atoms with Crippen LogP contribution in [0.25, 0.3) is 0 Å². The van der Waals surface area contributed by atoms with E-state index < -0.39 is 121 Å². The molecule has 69 heavy (non-hydrogen) atoms. The number of nitrogens with zero attached hydrogens (tertiary/aromatic N) is 2. The number of hydrogen-bond acceptors (Lipinski definition) is 18. The van der Waals surface area contributed by atoms with E-state index in [0.717, 1.165) is 25.5 Å². The van der Waals surface area contributed by atoms with Gasteiger partial charge in [0, 0.05) is 52.8 Å². The van der Waals surface area contributed by atoms with Crippen LogP contribution in [0.2, 0.25) is 0 Å². The van der Waals surface area contributed by atoms with Gasteiger partial charge in [0.1, 0.15) is 36.8 Å². The Kier molecular flexibility index (Phi) is 23.4. The zero-order valence-corrected chi connectivity index (χ0v) is 42.8. The van der Waals surface area contributed by atoms with Crippen molar-refractivity contribution in [1.82, 2.24) is 9.80 Å². The quantitative estimate of drug-likeness (QED) is 0.0893. The van der Waals surface area contributed by atoms with Crippen molar-refractivity contribution in [3.8, 4) is 0 Å². The van der Waals surface area contributed by atoms with E-state index in [1.165, 1.54) is 19.6 Å². The maximum Gasteiger partial charge on any atom is 0.309 e. The number of methoxy groups -OCH3 is 1. The number of aliphatic hydroxyl groups excluding tert-OH is 2. The number of benzene rings is 1. The molecule has 3 heterocycles. The first kappa shape index (κ1) is 58.0. The Labute approximate surface area is 409 Å². The molecule has 18 heteroatoms. The van der Waals surface area contributed by atoms with E-state index in [0.29, 0.717) is 26.1 Å². The van der Waals surface area contributed by atoms with Gasteiger partial charge in [-0.15, -0.1) is 0 Å². The standard InChI is InChI=1S/C51H82N2O16/c1-12-40(57)65-39-28-42(59)62-32(4)22-25-53(24-18-17-21-36-19-15-14-16-20-36)30-38(56)31(3)27-37(23-26-54)47(48(39)61-11)68-50-45(60)44(52(9)10)46(33(5)64-50)67-43-29-51(8,69-35(7)55)49(34(6)63-43)66-41(58)13-2/h14-16,19-20,26,31-34,37-39,43-50,56,60H,12-13,17-18,21-25,27-30H2,1-11H3/t31-,32-,33-,34+,37+,38+,39-,43+,44-,45-,46-,47+,48+,49+,50+,51-/m1/s1. The molecule has 0 spiro atoms. The third-order valence-corrected chi connectivity index (χ3v) is 13.6. The van der Waals surface area contributed by atoms with Crippen LogP contribution in [-0.2, 0) is 73.0 Å². The van der Waals surface area contributed by atoms with Gasteiger partial charge in [0.05, 0.1) is 36.9 Å². The molecule has 0 amide bonds. The second-order valence-corrected chi connectivity index (χ2v) is 19.6. The molecule has 3 aliphatic rings. The average Bonchev–Trinajstić information content (AvgIpc) is 3.28. The number of likely N-dealkylation sites (N-methyl/N-ethyl adjacent to an activating group) is 1. The topological polar surface area (TPSA) is 215 Å². The molecule has 0 bridgehead atoms. The van der Waals surface area contributed by atoms with Gasteiger partial charge in [-0.05, 0) is 97.8 Å². The summed E-state index contributed by atoms with van der Waals surface area (Å²) < 4.78 is 55.6. The van der Waals surface area contributed by atoms with Crippen molar-refractivity contribution >= 4 is 30.2 Å². The molecule has 3 saturated heterocycles. The van der Waals surface area contributed by atoms with Crippen molar-refractivity contribution in [3.05, 3.63) is 35.9 Å². The van der Waals surface area contributed by atoms with Gasteiger partial charge < -0.3 is 67.4 Å². The van der Waals surface area contributed by atoms with Crippen molar-refractivity contribution in [2.24, 2.45) is 11.8 Å². The Hall–Kier alpha value is -3.59. The molecule has 0 radical (unpaired) electrons. The van der Waals surface area contributed by atoms with Crippen LogP contribution in [0, 0.1) is 11.8 Å². The van der Waals surface area contributed by atoms with E-state index in [1.807, 2.05) is 25.1 Å². The van der Waals surface area contributed by atoms with Crippen LogP contribution in [0.5, 0.6) is 0 Å². The Bertz CT molecular complexity index is 1750. The lowest BCUT2D eigenvalue weighted by Gasteiger charge is -2.50. The third kappa shape index (κ3) is 17.0. The largest absolute Gasteiger partial charge is 0.463 e. The number of ether oxygens (including phenoxy) is 9. The first-order valence-corrected chi connectivity index (χ1v) is 24.9. The molecule has 1 aromatic carbocycles. The normalized spacial score (nSPS) is 35.5. The Morgan fingerprint density at radius 2 is 1.61 bits per heavy atom. The number of cyclic esters (lactones) is 1. The molecular weight excluding hydrogens is 897 g/mol. The minimum absolute atomic E-state index is 0.00594. The number of rotatable bonds is 18. The number of aliphatic hydroxyl groups is 2. The summed E-state index contributed by atoms with van der Waals surface area (Å²) in [6.07, 6.45) is -8.23. The summed E-state index contributed by atoms with van der Waals surface area (Å²) in [6, 6.07) is 9.45. The molecule has 1 aromatic rings. The zero-order chi connectivity index (χ0) is 51.0. The number of carbonyl (C=O) groups excluding carboxylic acids is 5. The summed E-state index contributed by atoms with van der Waals surface area (Å²) in [5.74, 6) is -3.39. The van der Waals surface area contributed by atoms with Crippen LogP contribution in [0.1, 0.15) is 119 Å². The smallest absolute Gasteiger partial charge is 0.309 e. The predicted octanol–water partition coefficient (Wildman–Crippen LogP) is 4.55. The van der Waals surface area contributed by atoms with Crippen LogP contribution in [0.4, 0.5) is 0 Å². The minimum atomic E-state index is -1.42. The first-order chi connectivity index (χ1) is 32.7. The number of hydrogen-bond donors (Lipinski definition) is 2. The predicted molar refractivity (Wildman–Crippen MR) is 252 cm³/mol. The maximum absolute atomic E-state index is 13.8. The van der Waals surface area contributed by atoms with Crippen molar-refractivity contribution in [3.63, 3.8) is 0 Å². The van der Waals surface area contributed by atoms with Gasteiger partial charge in [-0.3, -0.25) is 19.2 Å². The molecule has 0 saturated carbocycles. The lowest BCUT2D eigenvalue weighted by atomic mass is 9.82. The Morgan fingerprint density at radius 1 is 0.928 bits per heavy atom. The molecule has 0 aliphatic carbocycles. The molecule has 392 valence electrons. The van der Waals surface area contributed by atoms with Crippen LogP contribution in [0.3, 0.4) is 0 Å². The van der Waals surface area contributed by atoms with Crippen molar-refractivity contribution < 1.29 is 76.8 Å². The molecule has 4 rings (SSSR count). The van der Waals surface area contributed by atoms with E-state index in [-0.39, 0.29) is 38.0 Å². The maximum atomic E-state index is 13.8. The molecule has 3 aliphatic heterocycles. The van der Waals surface area contributed by atoms with Crippen molar-refractivity contribution in [2.75, 3.05) is 40.8 Å². The van der Waals surface area contributed by atoms with E-state index in [9.17, 15) is 34.2 Å². The van der Waals surface area contributed by atoms with Crippen molar-refractivity contribution in [1.29, 1.82) is 0 Å². The van der Waals surface area contributed by atoms with E-state index >= 15 is 0 Å². The first-order valence-electron chi connectivity index (χ1n) is 24.9. The van der Waals surface area contributed by atoms with E-state index in [1.54, 1.807) is 60.5 Å².